The number of rotatable bonds is 11. The number of aliphatic carboxylic acids is 1. The number of fused-ring (bicyclic) bond motifs is 1. The third kappa shape index (κ3) is 5.29. The van der Waals surface area contributed by atoms with Crippen molar-refractivity contribution in [2.75, 3.05) is 21.0 Å². The highest BCUT2D eigenvalue weighted by atomic mass is 16.7. The van der Waals surface area contributed by atoms with Crippen LogP contribution in [0.25, 0.3) is 0 Å². The number of hydrogen-bond donors (Lipinski definition) is 2. The van der Waals surface area contributed by atoms with Gasteiger partial charge in [-0.1, -0.05) is 11.6 Å². The predicted molar refractivity (Wildman–Crippen MR) is 108 cm³/mol. The summed E-state index contributed by atoms with van der Waals surface area (Å²) in [5.41, 5.74) is 8.91. The zero-order valence-electron chi connectivity index (χ0n) is 17.9. The van der Waals surface area contributed by atoms with E-state index >= 15 is 0 Å². The van der Waals surface area contributed by atoms with Gasteiger partial charge in [-0.25, -0.2) is 4.79 Å². The third-order valence-corrected chi connectivity index (χ3v) is 4.98. The van der Waals surface area contributed by atoms with Crippen LogP contribution in [0.3, 0.4) is 0 Å². The van der Waals surface area contributed by atoms with Crippen LogP contribution in [0.2, 0.25) is 0 Å². The molecule has 2 atom stereocenters. The summed E-state index contributed by atoms with van der Waals surface area (Å²) in [7, 11) is 3.05. The Morgan fingerprint density at radius 1 is 1.33 bits per heavy atom. The lowest BCUT2D eigenvalue weighted by atomic mass is 9.94. The van der Waals surface area contributed by atoms with E-state index in [-0.39, 0.29) is 19.8 Å². The maximum Gasteiger partial charge on any atom is 0.342 e. The predicted octanol–water partition coefficient (Wildman–Crippen LogP) is 2.31. The van der Waals surface area contributed by atoms with Crippen molar-refractivity contribution in [2.45, 2.75) is 52.6 Å². The highest BCUT2D eigenvalue weighted by Gasteiger charge is 2.33. The highest BCUT2D eigenvalue weighted by Crippen LogP contribution is 2.42. The molecule has 0 aliphatic carbocycles. The Morgan fingerprint density at radius 2 is 2.03 bits per heavy atom. The molecular weight excluding hydrogens is 394 g/mol. The Bertz CT molecular complexity index is 833. The fourth-order valence-corrected chi connectivity index (χ4v) is 3.22. The molecule has 0 amide bonds. The molecule has 0 spiro atoms. The van der Waals surface area contributed by atoms with Gasteiger partial charge in [0, 0.05) is 18.2 Å². The van der Waals surface area contributed by atoms with Crippen LogP contribution in [0.5, 0.6) is 11.5 Å². The quantitative estimate of drug-likeness (QED) is 0.313. The van der Waals surface area contributed by atoms with Crippen LogP contribution >= 0.6 is 0 Å². The molecule has 9 heteroatoms. The van der Waals surface area contributed by atoms with Crippen LogP contribution in [0, 0.1) is 6.92 Å². The summed E-state index contributed by atoms with van der Waals surface area (Å²) >= 11 is 0. The Hall–Kier alpha value is -2.62. The second-order valence-electron chi connectivity index (χ2n) is 7.03. The molecule has 2 rings (SSSR count). The summed E-state index contributed by atoms with van der Waals surface area (Å²) in [5, 5.41) is 9.01. The molecule has 1 aliphatic heterocycles. The molecule has 1 heterocycles. The van der Waals surface area contributed by atoms with Crippen molar-refractivity contribution in [3.63, 3.8) is 0 Å². The van der Waals surface area contributed by atoms with E-state index in [4.69, 9.17) is 34.5 Å². The molecule has 9 nitrogen and oxygen atoms in total. The molecule has 1 aromatic carbocycles. The van der Waals surface area contributed by atoms with Crippen LogP contribution in [-0.4, -0.2) is 50.4 Å². The van der Waals surface area contributed by atoms with Gasteiger partial charge in [-0.3, -0.25) is 4.79 Å². The first-order valence-electron chi connectivity index (χ1n) is 9.51. The molecule has 0 bridgehead atoms. The molecule has 3 N–H and O–H groups in total. The number of carbonyl (C=O) groups is 2. The van der Waals surface area contributed by atoms with Gasteiger partial charge in [-0.2, -0.15) is 0 Å². The summed E-state index contributed by atoms with van der Waals surface area (Å²) in [5.74, 6) is -0.636. The van der Waals surface area contributed by atoms with Crippen molar-refractivity contribution in [3.05, 3.63) is 33.9 Å². The molecule has 0 aromatic heterocycles. The second-order valence-corrected chi connectivity index (χ2v) is 7.03. The van der Waals surface area contributed by atoms with Crippen LogP contribution in [-0.2, 0) is 32.0 Å². The molecule has 30 heavy (non-hydrogen) atoms. The number of methoxy groups -OCH3 is 2. The lowest BCUT2D eigenvalue weighted by molar-refractivity contribution is -0.149. The number of ether oxygens (including phenoxy) is 5. The Labute approximate surface area is 175 Å². The van der Waals surface area contributed by atoms with Gasteiger partial charge in [-0.05, 0) is 39.2 Å². The van der Waals surface area contributed by atoms with E-state index < -0.39 is 24.3 Å². The zero-order chi connectivity index (χ0) is 22.4. The number of esters is 1. The van der Waals surface area contributed by atoms with Crippen molar-refractivity contribution < 1.29 is 38.4 Å². The summed E-state index contributed by atoms with van der Waals surface area (Å²) in [6, 6.07) is -0.987. The highest BCUT2D eigenvalue weighted by molar-refractivity contribution is 5.98. The van der Waals surface area contributed by atoms with E-state index in [1.54, 1.807) is 21.0 Å². The summed E-state index contributed by atoms with van der Waals surface area (Å²) in [6.45, 7) is 5.38. The number of allylic oxidation sites excluding steroid dienone is 1. The van der Waals surface area contributed by atoms with Crippen LogP contribution in [0.1, 0.15) is 47.3 Å². The van der Waals surface area contributed by atoms with Gasteiger partial charge in [0.2, 0.25) is 0 Å². The van der Waals surface area contributed by atoms with E-state index in [1.807, 2.05) is 13.0 Å². The maximum atomic E-state index is 12.4. The molecule has 166 valence electrons. The van der Waals surface area contributed by atoms with Gasteiger partial charge < -0.3 is 34.5 Å². The summed E-state index contributed by atoms with van der Waals surface area (Å²) in [4.78, 5) is 23.4. The standard InChI is InChI=1S/C21H29NO8/c1-11(8-16(22)20(23)24)6-7-14-18(27-5)12(2)15-9-28-21(25)17(15)19(14)30-10-29-13(3)26-4/h6,13,16H,7-10,22H2,1-5H3,(H,23,24). The first-order valence-corrected chi connectivity index (χ1v) is 9.51. The van der Waals surface area contributed by atoms with E-state index in [0.717, 1.165) is 11.1 Å². The van der Waals surface area contributed by atoms with E-state index in [2.05, 4.69) is 0 Å². The minimum atomic E-state index is -1.06. The molecule has 0 saturated carbocycles. The van der Waals surface area contributed by atoms with Gasteiger partial charge in [-0.15, -0.1) is 0 Å². The Kier molecular flexibility index (Phi) is 8.22. The molecule has 0 fully saturated rings. The lowest BCUT2D eigenvalue weighted by Crippen LogP contribution is -2.30. The van der Waals surface area contributed by atoms with Gasteiger partial charge in [0.05, 0.1) is 7.11 Å². The normalized spacial score (nSPS) is 15.4. The number of carboxylic acids is 1. The molecular formula is C21H29NO8. The summed E-state index contributed by atoms with van der Waals surface area (Å²) < 4.78 is 27.1. The summed E-state index contributed by atoms with van der Waals surface area (Å²) in [6.07, 6.45) is 1.91. The van der Waals surface area contributed by atoms with Gasteiger partial charge in [0.25, 0.3) is 0 Å². The van der Waals surface area contributed by atoms with E-state index in [1.165, 1.54) is 7.11 Å². The van der Waals surface area contributed by atoms with Crippen molar-refractivity contribution in [2.24, 2.45) is 5.73 Å². The molecule has 1 aromatic rings. The van der Waals surface area contributed by atoms with E-state index in [0.29, 0.717) is 34.6 Å². The average Bonchev–Trinajstić information content (AvgIpc) is 3.09. The average molecular weight is 423 g/mol. The minimum absolute atomic E-state index is 0.138. The van der Waals surface area contributed by atoms with Gasteiger partial charge in [0.15, 0.2) is 13.1 Å². The van der Waals surface area contributed by atoms with Crippen molar-refractivity contribution >= 4 is 11.9 Å². The first-order chi connectivity index (χ1) is 14.2. The topological polar surface area (TPSA) is 127 Å². The van der Waals surface area contributed by atoms with Crippen molar-refractivity contribution in [3.8, 4) is 11.5 Å². The monoisotopic (exact) mass is 423 g/mol. The van der Waals surface area contributed by atoms with Crippen molar-refractivity contribution in [1.29, 1.82) is 0 Å². The maximum absolute atomic E-state index is 12.4. The van der Waals surface area contributed by atoms with Crippen LogP contribution in [0.4, 0.5) is 0 Å². The number of cyclic esters (lactones) is 1. The fourth-order valence-electron chi connectivity index (χ4n) is 3.22. The molecule has 0 saturated heterocycles. The van der Waals surface area contributed by atoms with Gasteiger partial charge in [0.1, 0.15) is 29.7 Å². The van der Waals surface area contributed by atoms with E-state index in [9.17, 15) is 9.59 Å². The van der Waals surface area contributed by atoms with Crippen LogP contribution < -0.4 is 15.2 Å². The largest absolute Gasteiger partial charge is 0.496 e. The number of carbonyl (C=O) groups excluding carboxylic acids is 1. The number of nitrogens with two attached hydrogens (primary N) is 1. The number of benzene rings is 1. The molecule has 0 radical (unpaired) electrons. The third-order valence-electron chi connectivity index (χ3n) is 4.98. The number of hydrogen-bond acceptors (Lipinski definition) is 8. The fraction of sp³-hybridized carbons (Fsp3) is 0.524. The van der Waals surface area contributed by atoms with Crippen LogP contribution in [0.15, 0.2) is 11.6 Å². The smallest absolute Gasteiger partial charge is 0.342 e. The molecule has 2 unspecified atom stereocenters. The van der Waals surface area contributed by atoms with Crippen molar-refractivity contribution in [1.82, 2.24) is 0 Å². The number of carboxylic acid groups (broad SMARTS) is 1. The zero-order valence-corrected chi connectivity index (χ0v) is 17.9. The lowest BCUT2D eigenvalue weighted by Gasteiger charge is -2.20. The first kappa shape index (κ1) is 23.7. The SMILES string of the molecule is COc1c(C)c2c(c(OCOC(C)OC)c1CC=C(C)CC(N)C(=O)O)C(=O)OC2. The Morgan fingerprint density at radius 3 is 2.63 bits per heavy atom. The second kappa shape index (κ2) is 10.4. The molecule has 1 aliphatic rings. The minimum Gasteiger partial charge on any atom is -0.496 e. The Balaban J connectivity index is 2.43. The van der Waals surface area contributed by atoms with Gasteiger partial charge >= 0.3 is 11.9 Å².